The van der Waals surface area contributed by atoms with Crippen molar-refractivity contribution in [1.29, 1.82) is 0 Å². The van der Waals surface area contributed by atoms with E-state index in [2.05, 4.69) is 5.16 Å². The molecule has 0 atom stereocenters. The number of hydrogen-bond acceptors (Lipinski definition) is 4. The highest BCUT2D eigenvalue weighted by molar-refractivity contribution is 5.84. The molecule has 0 bridgehead atoms. The Labute approximate surface area is 96.1 Å². The molecule has 16 heavy (non-hydrogen) atoms. The first-order valence-electron chi connectivity index (χ1n) is 5.65. The summed E-state index contributed by atoms with van der Waals surface area (Å²) < 4.78 is 5.61. The van der Waals surface area contributed by atoms with Gasteiger partial charge in [0.1, 0.15) is 0 Å². The molecule has 0 saturated heterocycles. The molecule has 0 unspecified atom stereocenters. The Morgan fingerprint density at radius 3 is 2.62 bits per heavy atom. The van der Waals surface area contributed by atoms with E-state index < -0.39 is 0 Å². The summed E-state index contributed by atoms with van der Waals surface area (Å²) in [6, 6.07) is 0. The van der Waals surface area contributed by atoms with Gasteiger partial charge in [-0.1, -0.05) is 5.16 Å². The van der Waals surface area contributed by atoms with Crippen molar-refractivity contribution in [3.63, 3.8) is 0 Å². The van der Waals surface area contributed by atoms with Gasteiger partial charge in [0.2, 0.25) is 5.91 Å². The van der Waals surface area contributed by atoms with Crippen molar-refractivity contribution in [2.24, 2.45) is 5.16 Å². The summed E-state index contributed by atoms with van der Waals surface area (Å²) in [5.74, 6) is 0.0911. The van der Waals surface area contributed by atoms with Gasteiger partial charge >= 0.3 is 0 Å². The van der Waals surface area contributed by atoms with E-state index in [0.717, 1.165) is 31.4 Å². The molecule has 0 aromatic rings. The maximum atomic E-state index is 11.3. The maximum absolute atomic E-state index is 11.3. The highest BCUT2D eigenvalue weighted by Gasteiger charge is 2.18. The molecule has 1 saturated carbocycles. The molecule has 1 amide bonds. The van der Waals surface area contributed by atoms with Crippen molar-refractivity contribution in [3.8, 4) is 0 Å². The van der Waals surface area contributed by atoms with Crippen LogP contribution in [0.15, 0.2) is 5.16 Å². The molecule has 5 nitrogen and oxygen atoms in total. The summed E-state index contributed by atoms with van der Waals surface area (Å²) in [6.07, 6.45) is 4.00. The van der Waals surface area contributed by atoms with Crippen molar-refractivity contribution in [2.75, 3.05) is 20.7 Å². The number of oxime groups is 1. The van der Waals surface area contributed by atoms with E-state index in [0.29, 0.717) is 13.0 Å². The fraction of sp³-hybridized carbons (Fsp3) is 0.818. The monoisotopic (exact) mass is 228 g/mol. The second-order valence-corrected chi connectivity index (χ2v) is 4.27. The summed E-state index contributed by atoms with van der Waals surface area (Å²) in [5.41, 5.74) is 0.851. The van der Waals surface area contributed by atoms with E-state index in [9.17, 15) is 4.79 Å². The summed E-state index contributed by atoms with van der Waals surface area (Å²) in [6.45, 7) is 0.479. The molecule has 1 fully saturated rings. The summed E-state index contributed by atoms with van der Waals surface area (Å²) in [5, 5.41) is 11.8. The largest absolute Gasteiger partial charge is 0.411 e. The Morgan fingerprint density at radius 1 is 1.50 bits per heavy atom. The maximum Gasteiger partial charge on any atom is 0.224 e. The van der Waals surface area contributed by atoms with E-state index in [1.807, 2.05) is 0 Å². The average molecular weight is 228 g/mol. The number of ether oxygens (including phenoxy) is 1. The van der Waals surface area contributed by atoms with Crippen molar-refractivity contribution >= 4 is 11.6 Å². The SMILES string of the molecule is CN(C)C(=O)CCOC1CCC(=NO)CC1. The van der Waals surface area contributed by atoms with Crippen LogP contribution in [-0.4, -0.2) is 48.5 Å². The third kappa shape index (κ3) is 4.18. The van der Waals surface area contributed by atoms with Gasteiger partial charge in [0, 0.05) is 14.1 Å². The van der Waals surface area contributed by atoms with Gasteiger partial charge in [0.15, 0.2) is 0 Å². The topological polar surface area (TPSA) is 62.1 Å². The van der Waals surface area contributed by atoms with Crippen LogP contribution in [0.2, 0.25) is 0 Å². The van der Waals surface area contributed by atoms with Gasteiger partial charge in [0.05, 0.1) is 24.8 Å². The minimum atomic E-state index is 0.0911. The molecule has 0 aliphatic heterocycles. The van der Waals surface area contributed by atoms with Gasteiger partial charge in [-0.25, -0.2) is 0 Å². The minimum Gasteiger partial charge on any atom is -0.411 e. The fourth-order valence-electron chi connectivity index (χ4n) is 1.73. The van der Waals surface area contributed by atoms with Gasteiger partial charge < -0.3 is 14.8 Å². The predicted octanol–water partition coefficient (Wildman–Crippen LogP) is 1.25. The van der Waals surface area contributed by atoms with Crippen molar-refractivity contribution < 1.29 is 14.7 Å². The Morgan fingerprint density at radius 2 is 2.12 bits per heavy atom. The molecule has 0 aromatic carbocycles. The van der Waals surface area contributed by atoms with E-state index >= 15 is 0 Å². The van der Waals surface area contributed by atoms with Gasteiger partial charge in [-0.2, -0.15) is 0 Å². The third-order valence-corrected chi connectivity index (χ3v) is 2.82. The lowest BCUT2D eigenvalue weighted by Gasteiger charge is -2.22. The smallest absolute Gasteiger partial charge is 0.224 e. The molecule has 0 radical (unpaired) electrons. The average Bonchev–Trinajstić information content (AvgIpc) is 2.29. The van der Waals surface area contributed by atoms with E-state index in [1.54, 1.807) is 19.0 Å². The first-order valence-corrected chi connectivity index (χ1v) is 5.65. The first-order chi connectivity index (χ1) is 7.63. The number of rotatable bonds is 4. The number of carbonyl (C=O) groups is 1. The summed E-state index contributed by atoms with van der Waals surface area (Å²) in [7, 11) is 3.49. The molecule has 92 valence electrons. The van der Waals surface area contributed by atoms with Crippen LogP contribution in [0.25, 0.3) is 0 Å². The van der Waals surface area contributed by atoms with Gasteiger partial charge in [-0.15, -0.1) is 0 Å². The summed E-state index contributed by atoms with van der Waals surface area (Å²) >= 11 is 0. The van der Waals surface area contributed by atoms with Crippen LogP contribution in [-0.2, 0) is 9.53 Å². The summed E-state index contributed by atoms with van der Waals surface area (Å²) in [4.78, 5) is 12.8. The highest BCUT2D eigenvalue weighted by atomic mass is 16.5. The minimum absolute atomic E-state index is 0.0911. The Hall–Kier alpha value is -1.10. The fourth-order valence-corrected chi connectivity index (χ4v) is 1.73. The van der Waals surface area contributed by atoms with Crippen molar-refractivity contribution in [3.05, 3.63) is 0 Å². The van der Waals surface area contributed by atoms with Crippen LogP contribution in [0, 0.1) is 0 Å². The lowest BCUT2D eigenvalue weighted by molar-refractivity contribution is -0.130. The molecule has 0 spiro atoms. The van der Waals surface area contributed by atoms with E-state index in [4.69, 9.17) is 9.94 Å². The van der Waals surface area contributed by atoms with Crippen LogP contribution < -0.4 is 0 Å². The Kier molecular flexibility index (Phi) is 5.25. The second-order valence-electron chi connectivity index (χ2n) is 4.27. The number of nitrogens with zero attached hydrogens (tertiary/aromatic N) is 2. The number of carbonyl (C=O) groups excluding carboxylic acids is 1. The number of amides is 1. The quantitative estimate of drug-likeness (QED) is 0.582. The van der Waals surface area contributed by atoms with Crippen LogP contribution in [0.5, 0.6) is 0 Å². The zero-order chi connectivity index (χ0) is 12.0. The molecule has 0 aromatic heterocycles. The predicted molar refractivity (Wildman–Crippen MR) is 60.7 cm³/mol. The molecular weight excluding hydrogens is 208 g/mol. The van der Waals surface area contributed by atoms with Crippen LogP contribution in [0.3, 0.4) is 0 Å². The molecule has 1 aliphatic rings. The van der Waals surface area contributed by atoms with Crippen molar-refractivity contribution in [2.45, 2.75) is 38.2 Å². The highest BCUT2D eigenvalue weighted by Crippen LogP contribution is 2.19. The molecule has 0 heterocycles. The zero-order valence-electron chi connectivity index (χ0n) is 9.98. The Bertz CT molecular complexity index is 254. The van der Waals surface area contributed by atoms with Crippen LogP contribution in [0.4, 0.5) is 0 Å². The van der Waals surface area contributed by atoms with Gasteiger partial charge in [-0.3, -0.25) is 4.79 Å². The second kappa shape index (κ2) is 6.48. The lowest BCUT2D eigenvalue weighted by Crippen LogP contribution is -2.26. The molecule has 1 N–H and O–H groups in total. The van der Waals surface area contributed by atoms with E-state index in [-0.39, 0.29) is 12.0 Å². The zero-order valence-corrected chi connectivity index (χ0v) is 9.98. The number of hydrogen-bond donors (Lipinski definition) is 1. The van der Waals surface area contributed by atoms with Gasteiger partial charge in [-0.05, 0) is 25.7 Å². The third-order valence-electron chi connectivity index (χ3n) is 2.82. The molecular formula is C11H20N2O3. The first kappa shape index (κ1) is 13.0. The van der Waals surface area contributed by atoms with Crippen LogP contribution >= 0.6 is 0 Å². The lowest BCUT2D eigenvalue weighted by atomic mass is 9.96. The Balaban J connectivity index is 2.13. The molecule has 1 aliphatic carbocycles. The molecule has 5 heteroatoms. The van der Waals surface area contributed by atoms with Crippen LogP contribution in [0.1, 0.15) is 32.1 Å². The molecule has 1 rings (SSSR count). The van der Waals surface area contributed by atoms with Gasteiger partial charge in [0.25, 0.3) is 0 Å². The van der Waals surface area contributed by atoms with Crippen molar-refractivity contribution in [1.82, 2.24) is 4.90 Å². The standard InChI is InChI=1S/C11H20N2O3/c1-13(2)11(14)7-8-16-10-5-3-9(12-15)4-6-10/h10,15H,3-8H2,1-2H3. The van der Waals surface area contributed by atoms with E-state index in [1.165, 1.54) is 0 Å². The normalized spacial score (nSPS) is 20.6.